The van der Waals surface area contributed by atoms with E-state index in [1.807, 2.05) is 96.4 Å². The van der Waals surface area contributed by atoms with E-state index in [-0.39, 0.29) is 34.5 Å². The predicted octanol–water partition coefficient (Wildman–Crippen LogP) is 26.0. The van der Waals surface area contributed by atoms with Crippen LogP contribution in [0, 0.1) is 104 Å². The topological polar surface area (TPSA) is 129 Å². The number of carbonyl (C=O) groups excluding carboxylic acids is 2. The lowest BCUT2D eigenvalue weighted by molar-refractivity contribution is 0.0891. The normalized spacial score (nSPS) is 19.1. The van der Waals surface area contributed by atoms with Crippen LogP contribution in [0.15, 0.2) is 103 Å². The fourth-order valence-electron chi connectivity index (χ4n) is 15.3. The molecule has 2 aromatic heterocycles. The van der Waals surface area contributed by atoms with Gasteiger partial charge in [-0.2, -0.15) is 21.0 Å². The molecule has 2 aromatic carbocycles. The van der Waals surface area contributed by atoms with Crippen LogP contribution in [-0.4, -0.2) is 34.6 Å². The highest BCUT2D eigenvalue weighted by molar-refractivity contribution is 8.23. The minimum absolute atomic E-state index is 0.000894. The molecule has 0 radical (unpaired) electrons. The Kier molecular flexibility index (Phi) is 27.9. The van der Waals surface area contributed by atoms with Gasteiger partial charge in [-0.25, -0.2) is 0 Å². The smallest absolute Gasteiger partial charge is 0.194 e. The first-order chi connectivity index (χ1) is 47.0. The molecule has 0 spiro atoms. The van der Waals surface area contributed by atoms with Gasteiger partial charge in [0.25, 0.3) is 0 Å². The van der Waals surface area contributed by atoms with Gasteiger partial charge >= 0.3 is 0 Å². The summed E-state index contributed by atoms with van der Waals surface area (Å²) in [5.74, 6) is 9.07. The number of nitriles is 4. The number of ketones is 2. The molecule has 5 aliphatic carbocycles. The van der Waals surface area contributed by atoms with Gasteiger partial charge in [0.05, 0.1) is 5.41 Å². The molecule has 5 aliphatic rings. The Morgan fingerprint density at radius 3 is 1.44 bits per heavy atom. The maximum absolute atomic E-state index is 15.0. The number of benzene rings is 2. The first-order valence-electron chi connectivity index (χ1n) is 36.9. The Morgan fingerprint density at radius 2 is 0.969 bits per heavy atom. The number of thiophene rings is 2. The summed E-state index contributed by atoms with van der Waals surface area (Å²) in [7, 11) is 0. The Morgan fingerprint density at radius 1 is 0.520 bits per heavy atom. The zero-order valence-corrected chi connectivity index (χ0v) is 66.0. The molecule has 2 heterocycles. The fourth-order valence-corrected chi connectivity index (χ4v) is 23.9. The monoisotopic (exact) mass is 1420 g/mol. The highest BCUT2D eigenvalue weighted by Crippen LogP contribution is 2.66. The van der Waals surface area contributed by atoms with Crippen LogP contribution in [-0.2, 0) is 6.42 Å². The lowest BCUT2D eigenvalue weighted by Gasteiger charge is -2.31. The molecule has 12 heteroatoms. The van der Waals surface area contributed by atoms with Crippen molar-refractivity contribution in [2.75, 3.05) is 23.0 Å². The molecule has 0 fully saturated rings. The highest BCUT2D eigenvalue weighted by Gasteiger charge is 2.51. The Bertz CT molecular complexity index is 3900. The molecular weight excluding hydrogens is 1310 g/mol. The van der Waals surface area contributed by atoms with E-state index < -0.39 is 5.41 Å². The molecule has 0 aliphatic heterocycles. The van der Waals surface area contributed by atoms with Crippen molar-refractivity contribution in [3.63, 3.8) is 0 Å². The highest BCUT2D eigenvalue weighted by atomic mass is 32.2. The van der Waals surface area contributed by atoms with Gasteiger partial charge in [-0.15, -0.1) is 69.7 Å². The van der Waals surface area contributed by atoms with Gasteiger partial charge in [-0.3, -0.25) is 9.59 Å². The van der Waals surface area contributed by atoms with Crippen LogP contribution in [0.3, 0.4) is 0 Å². The largest absolute Gasteiger partial charge is 0.293 e. The Balaban J connectivity index is 1.25. The molecule has 98 heavy (non-hydrogen) atoms. The van der Waals surface area contributed by atoms with Crippen molar-refractivity contribution in [2.45, 2.75) is 212 Å². The van der Waals surface area contributed by atoms with Crippen molar-refractivity contribution in [1.82, 2.24) is 0 Å². The third kappa shape index (κ3) is 17.9. The first-order valence-corrected chi connectivity index (χ1v) is 42.4. The second kappa shape index (κ2) is 35.5. The van der Waals surface area contributed by atoms with Crippen molar-refractivity contribution < 1.29 is 9.59 Å². The van der Waals surface area contributed by atoms with E-state index >= 15 is 4.79 Å². The van der Waals surface area contributed by atoms with Gasteiger partial charge in [-0.05, 0) is 173 Å². The molecule has 6 nitrogen and oxygen atoms in total. The van der Waals surface area contributed by atoms with Gasteiger partial charge in [-0.1, -0.05) is 216 Å². The van der Waals surface area contributed by atoms with Crippen molar-refractivity contribution in [1.29, 1.82) is 21.0 Å². The molecule has 518 valence electrons. The van der Waals surface area contributed by atoms with Crippen molar-refractivity contribution >= 4 is 115 Å². The summed E-state index contributed by atoms with van der Waals surface area (Å²) >= 11 is 11.8. The number of hydrogen-bond donors (Lipinski definition) is 0. The molecule has 7 atom stereocenters. The molecule has 5 unspecified atom stereocenters. The number of carbonyl (C=O) groups is 2. The van der Waals surface area contributed by atoms with Gasteiger partial charge in [0.15, 0.2) is 11.6 Å². The maximum Gasteiger partial charge on any atom is 0.194 e. The molecule has 0 saturated heterocycles. The third-order valence-corrected chi connectivity index (χ3v) is 28.3. The van der Waals surface area contributed by atoms with Crippen molar-refractivity contribution in [3.05, 3.63) is 156 Å². The summed E-state index contributed by atoms with van der Waals surface area (Å²) in [5.41, 5.74) is 11.6. The molecule has 9 rings (SSSR count). The summed E-state index contributed by atoms with van der Waals surface area (Å²) in [6, 6.07) is 28.4. The summed E-state index contributed by atoms with van der Waals surface area (Å²) in [4.78, 5) is 34.2. The van der Waals surface area contributed by atoms with Crippen molar-refractivity contribution in [3.8, 4) is 24.3 Å². The number of rotatable bonds is 35. The molecule has 0 amide bonds. The van der Waals surface area contributed by atoms with Crippen LogP contribution in [0.25, 0.3) is 33.9 Å². The van der Waals surface area contributed by atoms with Gasteiger partial charge < -0.3 is 0 Å². The summed E-state index contributed by atoms with van der Waals surface area (Å²) in [5, 5.41) is 42.0. The summed E-state index contributed by atoms with van der Waals surface area (Å²) in [6.07, 6.45) is 24.3. The number of thioether (sulfide) groups is 4. The van der Waals surface area contributed by atoms with Crippen molar-refractivity contribution in [2.24, 2.45) is 58.7 Å². The SMILES string of the molecule is CC(C)CCCC(C)CCSC(SCCC(C)CCCC(C)C)=C1C2=C(C=C3C(=C(SCCC(C)CCCC(C)C)SCCC(C)CCCC(C)C)c4cc(C[C@@]5(C)C(=O)c6ccccc6C5=C(C#N)C#N)sc4C3[C@@H]2C)c2sc(/C=C3\C(=O)c4ccccc4C3=C(C#N)C#N)cc21. The van der Waals surface area contributed by atoms with E-state index in [0.717, 1.165) is 58.4 Å². The van der Waals surface area contributed by atoms with Gasteiger partial charge in [0.1, 0.15) is 35.4 Å². The minimum atomic E-state index is -1.12. The predicted molar refractivity (Wildman–Crippen MR) is 427 cm³/mol. The molecular formula is C86H106N4O2S6. The summed E-state index contributed by atoms with van der Waals surface area (Å²) in [6.45, 7) is 32.8. The van der Waals surface area contributed by atoms with Crippen LogP contribution in [0.2, 0.25) is 0 Å². The first kappa shape index (κ1) is 76.9. The average molecular weight is 1420 g/mol. The molecule has 0 bridgehead atoms. The average Bonchev–Trinajstić information content (AvgIpc) is 1.54. The van der Waals surface area contributed by atoms with Crippen LogP contribution in [0.1, 0.15) is 268 Å². The zero-order chi connectivity index (χ0) is 70.5. The van der Waals surface area contributed by atoms with E-state index in [2.05, 4.69) is 156 Å². The van der Waals surface area contributed by atoms with Crippen LogP contribution in [0.5, 0.6) is 0 Å². The quantitative estimate of drug-likeness (QED) is 0.0324. The minimum Gasteiger partial charge on any atom is -0.293 e. The molecule has 0 saturated carbocycles. The second-order valence-corrected chi connectivity index (χ2v) is 38.1. The third-order valence-electron chi connectivity index (χ3n) is 21.0. The van der Waals surface area contributed by atoms with E-state index in [0.29, 0.717) is 92.7 Å². The van der Waals surface area contributed by atoms with E-state index in [4.69, 9.17) is 0 Å². The van der Waals surface area contributed by atoms with Gasteiger partial charge in [0, 0.05) is 78.5 Å². The number of Topliss-reactive ketones (excluding diaryl/α,β-unsaturated/α-hetero) is 2. The fraction of sp³-hybridized carbons (Fsp3) is 0.535. The van der Waals surface area contributed by atoms with E-state index in [1.165, 1.54) is 134 Å². The summed E-state index contributed by atoms with van der Waals surface area (Å²) < 4.78 is 2.75. The van der Waals surface area contributed by atoms with E-state index in [1.54, 1.807) is 11.3 Å². The number of hydrogen-bond acceptors (Lipinski definition) is 12. The Hall–Kier alpha value is -5.28. The number of fused-ring (bicyclic) bond motifs is 7. The number of allylic oxidation sites excluding steroid dienone is 11. The zero-order valence-electron chi connectivity index (χ0n) is 61.1. The van der Waals surface area contributed by atoms with Crippen LogP contribution in [0.4, 0.5) is 0 Å². The van der Waals surface area contributed by atoms with Crippen LogP contribution >= 0.6 is 69.7 Å². The molecule has 0 N–H and O–H groups in total. The van der Waals surface area contributed by atoms with Crippen LogP contribution < -0.4 is 0 Å². The second-order valence-electron chi connectivity index (χ2n) is 30.9. The van der Waals surface area contributed by atoms with E-state index in [9.17, 15) is 25.8 Å². The molecule has 4 aromatic rings. The maximum atomic E-state index is 15.0. The lowest BCUT2D eigenvalue weighted by Crippen LogP contribution is -2.26. The van der Waals surface area contributed by atoms with Gasteiger partial charge in [0.2, 0.25) is 0 Å². The Labute approximate surface area is 614 Å². The standard InChI is InChI=1S/C86H106N4O2S6/c1-52(2)23-19-27-56(9)35-39-93-84(94-40-36-57(10)28-20-24-53(3)4)77-69-46-73-74(60(13)75(69)82-71(77)45-64(98-82)47-86(14)79(62(50-89)51-90)66-32-16-18-34-68(66)83(86)92)78(85(95-41-37-58(11)29-21-25-54(5)6)96-42-38-59(12)30-22-26-55(7)8)72-44-63(97-81(72)73)43-70-76(61(48-87)49-88)65-31-15-17-33-67(65)80(70)91/h15-18,31-34,43-46,52-60,75H,19-30,35-42,47H2,1-14H3/b70-43-,84-77?,85-78?/t56?,57?,58?,59?,60-,75?,86-/m1/s1. The lowest BCUT2D eigenvalue weighted by atomic mass is 9.76. The number of nitrogens with zero attached hydrogens (tertiary/aromatic N) is 4.